The van der Waals surface area contributed by atoms with Gasteiger partial charge in [-0.15, -0.1) is 0 Å². The predicted molar refractivity (Wildman–Crippen MR) is 91.6 cm³/mol. The second-order valence-electron chi connectivity index (χ2n) is 6.96. The highest BCUT2D eigenvalue weighted by atomic mass is 16.4. The summed E-state index contributed by atoms with van der Waals surface area (Å²) in [6.07, 6.45) is 4.99. The molecule has 0 saturated carbocycles. The molecule has 0 spiro atoms. The first-order valence-corrected chi connectivity index (χ1v) is 8.59. The highest BCUT2D eigenvalue weighted by Gasteiger charge is 2.25. The molecule has 0 radical (unpaired) electrons. The molecule has 0 fully saturated rings. The number of aliphatic carboxylic acids is 2. The van der Waals surface area contributed by atoms with Gasteiger partial charge in [-0.05, 0) is 38.0 Å². The Morgan fingerprint density at radius 3 is 2.12 bits per heavy atom. The summed E-state index contributed by atoms with van der Waals surface area (Å²) >= 11 is 0. The van der Waals surface area contributed by atoms with Crippen LogP contribution in [0.15, 0.2) is 11.6 Å². The third-order valence-corrected chi connectivity index (χ3v) is 4.27. The zero-order valence-electron chi connectivity index (χ0n) is 14.9. The van der Waals surface area contributed by atoms with Gasteiger partial charge < -0.3 is 20.4 Å². The molecule has 0 aromatic rings. The lowest BCUT2D eigenvalue weighted by atomic mass is 9.88. The van der Waals surface area contributed by atoms with Crippen molar-refractivity contribution < 1.29 is 30.0 Å². The van der Waals surface area contributed by atoms with E-state index in [4.69, 9.17) is 15.3 Å². The molecule has 0 rings (SSSR count). The first-order chi connectivity index (χ1) is 11.2. The van der Waals surface area contributed by atoms with Crippen LogP contribution in [0.5, 0.6) is 0 Å². The quantitative estimate of drug-likeness (QED) is 0.302. The zero-order valence-corrected chi connectivity index (χ0v) is 14.9. The van der Waals surface area contributed by atoms with E-state index in [0.29, 0.717) is 18.3 Å². The number of aliphatic hydroxyl groups is 2. The van der Waals surface area contributed by atoms with Crippen molar-refractivity contribution in [1.29, 1.82) is 0 Å². The number of allylic oxidation sites excluding steroid dienone is 1. The summed E-state index contributed by atoms with van der Waals surface area (Å²) < 4.78 is 0. The molecule has 0 aliphatic carbocycles. The smallest absolute Gasteiger partial charge is 0.328 e. The Balaban J connectivity index is 4.00. The summed E-state index contributed by atoms with van der Waals surface area (Å²) in [5, 5.41) is 36.3. The van der Waals surface area contributed by atoms with Gasteiger partial charge in [0.25, 0.3) is 0 Å². The van der Waals surface area contributed by atoms with E-state index in [2.05, 4.69) is 13.8 Å². The van der Waals surface area contributed by atoms with E-state index in [-0.39, 0.29) is 0 Å². The first kappa shape index (κ1) is 22.6. The second-order valence-corrected chi connectivity index (χ2v) is 6.96. The first-order valence-electron chi connectivity index (χ1n) is 8.59. The van der Waals surface area contributed by atoms with E-state index in [1.807, 2.05) is 6.92 Å². The molecule has 0 aromatic carbocycles. The molecule has 0 aliphatic rings. The van der Waals surface area contributed by atoms with Gasteiger partial charge in [-0.2, -0.15) is 0 Å². The molecule has 0 bridgehead atoms. The number of unbranched alkanes of at least 4 members (excludes halogenated alkanes) is 1. The maximum absolute atomic E-state index is 10.8. The van der Waals surface area contributed by atoms with Gasteiger partial charge in [0.15, 0.2) is 0 Å². The number of carboxylic acids is 2. The number of carboxylic acid groups (broad SMARTS) is 2. The van der Waals surface area contributed by atoms with Gasteiger partial charge in [0.05, 0.1) is 12.7 Å². The maximum Gasteiger partial charge on any atom is 0.328 e. The van der Waals surface area contributed by atoms with Crippen molar-refractivity contribution >= 4 is 11.9 Å². The molecule has 0 aliphatic heterocycles. The lowest BCUT2D eigenvalue weighted by molar-refractivity contribution is -0.147. The largest absolute Gasteiger partial charge is 0.481 e. The zero-order chi connectivity index (χ0) is 18.7. The molecular formula is C18H32O6. The fraction of sp³-hybridized carbons (Fsp3) is 0.778. The van der Waals surface area contributed by atoms with Gasteiger partial charge in [0.1, 0.15) is 5.92 Å². The number of carbonyl (C=O) groups is 2. The normalized spacial score (nSPS) is 17.1. The van der Waals surface area contributed by atoms with Crippen LogP contribution in [0.1, 0.15) is 59.3 Å². The number of hydrogen-bond acceptors (Lipinski definition) is 4. The average Bonchev–Trinajstić information content (AvgIpc) is 2.42. The molecule has 0 amide bonds. The van der Waals surface area contributed by atoms with E-state index in [1.165, 1.54) is 6.08 Å². The van der Waals surface area contributed by atoms with Crippen LogP contribution in [-0.2, 0) is 9.59 Å². The van der Waals surface area contributed by atoms with Crippen LogP contribution in [0.4, 0.5) is 0 Å². The van der Waals surface area contributed by atoms with Crippen molar-refractivity contribution in [3.05, 3.63) is 11.6 Å². The molecule has 6 nitrogen and oxygen atoms in total. The van der Waals surface area contributed by atoms with Crippen molar-refractivity contribution in [1.82, 2.24) is 0 Å². The lowest BCUT2D eigenvalue weighted by Gasteiger charge is -2.19. The highest BCUT2D eigenvalue weighted by molar-refractivity contribution is 5.80. The molecule has 4 N–H and O–H groups in total. The Morgan fingerprint density at radius 1 is 1.04 bits per heavy atom. The van der Waals surface area contributed by atoms with Crippen LogP contribution in [-0.4, -0.2) is 45.1 Å². The van der Waals surface area contributed by atoms with Crippen molar-refractivity contribution in [2.75, 3.05) is 6.61 Å². The van der Waals surface area contributed by atoms with Crippen molar-refractivity contribution in [3.63, 3.8) is 0 Å². The number of hydrogen-bond donors (Lipinski definition) is 4. The molecule has 0 saturated heterocycles. The van der Waals surface area contributed by atoms with Crippen LogP contribution in [0.25, 0.3) is 0 Å². The van der Waals surface area contributed by atoms with Gasteiger partial charge in [0.2, 0.25) is 0 Å². The third-order valence-electron chi connectivity index (χ3n) is 4.27. The van der Waals surface area contributed by atoms with Gasteiger partial charge in [0, 0.05) is 6.08 Å². The molecule has 24 heavy (non-hydrogen) atoms. The predicted octanol–water partition coefficient (Wildman–Crippen LogP) is 2.68. The second kappa shape index (κ2) is 12.0. The van der Waals surface area contributed by atoms with E-state index in [0.717, 1.165) is 37.7 Å². The Morgan fingerprint density at radius 2 is 1.62 bits per heavy atom. The topological polar surface area (TPSA) is 115 Å². The van der Waals surface area contributed by atoms with E-state index in [1.54, 1.807) is 0 Å². The van der Waals surface area contributed by atoms with Crippen LogP contribution in [0.3, 0.4) is 0 Å². The van der Waals surface area contributed by atoms with Gasteiger partial charge in [-0.25, -0.2) is 4.79 Å². The van der Waals surface area contributed by atoms with Crippen molar-refractivity contribution in [2.45, 2.75) is 65.4 Å². The molecule has 0 aromatic heterocycles. The summed E-state index contributed by atoms with van der Waals surface area (Å²) in [6.45, 7) is 5.54. The van der Waals surface area contributed by atoms with E-state index >= 15 is 0 Å². The van der Waals surface area contributed by atoms with E-state index in [9.17, 15) is 14.7 Å². The van der Waals surface area contributed by atoms with Crippen molar-refractivity contribution in [2.24, 2.45) is 17.8 Å². The fourth-order valence-corrected chi connectivity index (χ4v) is 3.12. The molecular weight excluding hydrogens is 312 g/mol. The van der Waals surface area contributed by atoms with Crippen LogP contribution >= 0.6 is 0 Å². The minimum absolute atomic E-state index is 0.375. The highest BCUT2D eigenvalue weighted by Crippen LogP contribution is 2.23. The SMILES string of the molecule is C/C(=C\C(=O)O)CC(C)CC(C)CCCCC(O)C(CO)C(=O)O. The summed E-state index contributed by atoms with van der Waals surface area (Å²) in [5.41, 5.74) is 0.869. The molecule has 4 atom stereocenters. The Labute approximate surface area is 144 Å². The summed E-state index contributed by atoms with van der Waals surface area (Å²) in [6, 6.07) is 0. The Hall–Kier alpha value is -1.40. The molecule has 0 heterocycles. The summed E-state index contributed by atoms with van der Waals surface area (Å²) in [4.78, 5) is 21.4. The minimum atomic E-state index is -1.17. The van der Waals surface area contributed by atoms with Crippen molar-refractivity contribution in [3.8, 4) is 0 Å². The average molecular weight is 344 g/mol. The van der Waals surface area contributed by atoms with Gasteiger partial charge in [-0.3, -0.25) is 4.79 Å². The minimum Gasteiger partial charge on any atom is -0.481 e. The lowest BCUT2D eigenvalue weighted by Crippen LogP contribution is -2.31. The number of aliphatic hydroxyl groups excluding tert-OH is 2. The van der Waals surface area contributed by atoms with Gasteiger partial charge in [-0.1, -0.05) is 38.7 Å². The van der Waals surface area contributed by atoms with Gasteiger partial charge >= 0.3 is 11.9 Å². The fourth-order valence-electron chi connectivity index (χ4n) is 3.12. The maximum atomic E-state index is 10.8. The molecule has 140 valence electrons. The van der Waals surface area contributed by atoms with Crippen LogP contribution in [0, 0.1) is 17.8 Å². The summed E-state index contributed by atoms with van der Waals surface area (Å²) in [5.74, 6) is -2.29. The van der Waals surface area contributed by atoms with Crippen LogP contribution in [0.2, 0.25) is 0 Å². The standard InChI is InChI=1S/C18H32O6/c1-12(8-13(2)9-14(3)10-17(21)22)6-4-5-7-16(20)15(11-19)18(23)24/h10,12-13,15-16,19-20H,4-9,11H2,1-3H3,(H,21,22)(H,23,24)/b14-10+. The summed E-state index contributed by atoms with van der Waals surface area (Å²) in [7, 11) is 0. The molecule has 6 heteroatoms. The third kappa shape index (κ3) is 10.4. The molecule has 4 unspecified atom stereocenters. The van der Waals surface area contributed by atoms with Crippen LogP contribution < -0.4 is 0 Å². The Bertz CT molecular complexity index is 418. The monoisotopic (exact) mass is 344 g/mol. The number of rotatable bonds is 13. The Kier molecular flexibility index (Phi) is 11.3. The van der Waals surface area contributed by atoms with E-state index < -0.39 is 30.6 Å².